The van der Waals surface area contributed by atoms with Crippen molar-refractivity contribution in [2.45, 2.75) is 38.2 Å². The molecule has 21 heavy (non-hydrogen) atoms. The fraction of sp³-hybridized carbons (Fsp3) is 0.833. The molecule has 1 aromatic rings. The summed E-state index contributed by atoms with van der Waals surface area (Å²) in [6, 6.07) is -0.290. The fourth-order valence-corrected chi connectivity index (χ4v) is 1.66. The molecule has 122 valence electrons. The molecule has 0 radical (unpaired) electrons. The zero-order chi connectivity index (χ0) is 15.9. The molecule has 1 heterocycles. The second-order valence-electron chi connectivity index (χ2n) is 4.73. The minimum atomic E-state index is -4.12. The predicted molar refractivity (Wildman–Crippen MR) is 68.6 cm³/mol. The number of hydrogen-bond donors (Lipinski definition) is 1. The molecule has 5 nitrogen and oxygen atoms in total. The van der Waals surface area contributed by atoms with Crippen molar-refractivity contribution in [2.24, 2.45) is 7.05 Å². The maximum Gasteiger partial charge on any atom is 0.330 e. The van der Waals surface area contributed by atoms with Gasteiger partial charge in [-0.25, -0.2) is 13.8 Å². The van der Waals surface area contributed by atoms with E-state index in [0.29, 0.717) is 18.8 Å². The Morgan fingerprint density at radius 1 is 1.43 bits per heavy atom. The van der Waals surface area contributed by atoms with Gasteiger partial charge in [0.1, 0.15) is 18.8 Å². The minimum Gasteiger partial charge on any atom is -0.373 e. The highest BCUT2D eigenvalue weighted by Crippen LogP contribution is 2.22. The van der Waals surface area contributed by atoms with Crippen LogP contribution in [0.15, 0.2) is 6.33 Å². The van der Waals surface area contributed by atoms with Gasteiger partial charge < -0.3 is 10.1 Å². The smallest absolute Gasteiger partial charge is 0.330 e. The number of aromatic nitrogens is 3. The summed E-state index contributed by atoms with van der Waals surface area (Å²) < 4.78 is 55.9. The van der Waals surface area contributed by atoms with Gasteiger partial charge in [0.05, 0.1) is 6.61 Å². The average Bonchev–Trinajstić information content (AvgIpc) is 2.81. The van der Waals surface area contributed by atoms with Crippen LogP contribution < -0.4 is 5.32 Å². The minimum absolute atomic E-state index is 0.102. The lowest BCUT2D eigenvalue weighted by atomic mass is 10.2. The third-order valence-electron chi connectivity index (χ3n) is 2.85. The first-order chi connectivity index (χ1) is 9.86. The Morgan fingerprint density at radius 2 is 2.14 bits per heavy atom. The van der Waals surface area contributed by atoms with Gasteiger partial charge in [0.25, 0.3) is 0 Å². The van der Waals surface area contributed by atoms with Crippen LogP contribution in [0.2, 0.25) is 0 Å². The zero-order valence-corrected chi connectivity index (χ0v) is 12.0. The molecule has 0 aliphatic heterocycles. The Bertz CT molecular complexity index is 414. The van der Waals surface area contributed by atoms with E-state index in [4.69, 9.17) is 4.74 Å². The molecule has 0 spiro atoms. The van der Waals surface area contributed by atoms with E-state index in [1.165, 1.54) is 6.33 Å². The topological polar surface area (TPSA) is 52.0 Å². The van der Waals surface area contributed by atoms with Gasteiger partial charge in [-0.3, -0.25) is 4.68 Å². The van der Waals surface area contributed by atoms with Crippen LogP contribution in [-0.2, 0) is 18.2 Å². The summed E-state index contributed by atoms with van der Waals surface area (Å²) >= 11 is 0. The normalized spacial score (nSPS) is 13.9. The van der Waals surface area contributed by atoms with Crippen molar-refractivity contribution in [3.63, 3.8) is 0 Å². The maximum atomic E-state index is 12.8. The molecular formula is C12H20F4N4O. The molecule has 0 aliphatic rings. The number of nitrogens with one attached hydrogen (secondary N) is 1. The van der Waals surface area contributed by atoms with Crippen LogP contribution in [0.5, 0.6) is 0 Å². The summed E-state index contributed by atoms with van der Waals surface area (Å²) in [6.07, 6.45) is -1.07. The lowest BCUT2D eigenvalue weighted by Gasteiger charge is -2.20. The van der Waals surface area contributed by atoms with E-state index in [9.17, 15) is 17.6 Å². The van der Waals surface area contributed by atoms with E-state index in [0.717, 1.165) is 6.42 Å². The summed E-state index contributed by atoms with van der Waals surface area (Å²) in [5, 5.41) is 7.02. The van der Waals surface area contributed by atoms with Crippen molar-refractivity contribution in [3.8, 4) is 0 Å². The van der Waals surface area contributed by atoms with Gasteiger partial charge >= 0.3 is 12.3 Å². The zero-order valence-electron chi connectivity index (χ0n) is 12.0. The SMILES string of the molecule is CCCNC(COCC(F)(F)C(F)F)Cc1ncnn1C. The number of alkyl halides is 4. The van der Waals surface area contributed by atoms with E-state index in [1.54, 1.807) is 11.7 Å². The first kappa shape index (κ1) is 17.8. The van der Waals surface area contributed by atoms with Crippen molar-refractivity contribution in [1.29, 1.82) is 0 Å². The number of ether oxygens (including phenoxy) is 1. The van der Waals surface area contributed by atoms with Gasteiger partial charge in [0, 0.05) is 19.5 Å². The molecule has 1 rings (SSSR count). The first-order valence-corrected chi connectivity index (χ1v) is 6.66. The summed E-state index contributed by atoms with van der Waals surface area (Å²) in [4.78, 5) is 4.04. The first-order valence-electron chi connectivity index (χ1n) is 6.66. The Hall–Kier alpha value is -1.22. The summed E-state index contributed by atoms with van der Waals surface area (Å²) in [6.45, 7) is 1.22. The monoisotopic (exact) mass is 312 g/mol. The molecule has 0 fully saturated rings. The number of aryl methyl sites for hydroxylation is 1. The Morgan fingerprint density at radius 3 is 2.67 bits per heavy atom. The quantitative estimate of drug-likeness (QED) is 0.667. The number of rotatable bonds is 10. The highest BCUT2D eigenvalue weighted by Gasteiger charge is 2.41. The van der Waals surface area contributed by atoms with Gasteiger partial charge in [-0.05, 0) is 13.0 Å². The third-order valence-corrected chi connectivity index (χ3v) is 2.85. The van der Waals surface area contributed by atoms with E-state index >= 15 is 0 Å². The van der Waals surface area contributed by atoms with Gasteiger partial charge in [0.2, 0.25) is 0 Å². The van der Waals surface area contributed by atoms with Gasteiger partial charge in [-0.1, -0.05) is 6.92 Å². The average molecular weight is 312 g/mol. The Balaban J connectivity index is 2.48. The van der Waals surface area contributed by atoms with Crippen LogP contribution in [-0.4, -0.2) is 52.9 Å². The molecule has 0 amide bonds. The molecule has 1 atom stereocenters. The van der Waals surface area contributed by atoms with Crippen LogP contribution in [0.4, 0.5) is 17.6 Å². The van der Waals surface area contributed by atoms with Crippen molar-refractivity contribution in [1.82, 2.24) is 20.1 Å². The van der Waals surface area contributed by atoms with Gasteiger partial charge in [-0.15, -0.1) is 0 Å². The van der Waals surface area contributed by atoms with Crippen LogP contribution in [0, 0.1) is 0 Å². The maximum absolute atomic E-state index is 12.8. The van der Waals surface area contributed by atoms with Crippen molar-refractivity contribution < 1.29 is 22.3 Å². The molecule has 0 saturated carbocycles. The van der Waals surface area contributed by atoms with E-state index in [-0.39, 0.29) is 12.6 Å². The molecule has 0 saturated heterocycles. The van der Waals surface area contributed by atoms with Crippen molar-refractivity contribution in [2.75, 3.05) is 19.8 Å². The van der Waals surface area contributed by atoms with Gasteiger partial charge in [-0.2, -0.15) is 13.9 Å². The second kappa shape index (κ2) is 8.28. The van der Waals surface area contributed by atoms with E-state index in [1.807, 2.05) is 6.92 Å². The molecular weight excluding hydrogens is 292 g/mol. The lowest BCUT2D eigenvalue weighted by molar-refractivity contribution is -0.167. The summed E-state index contributed by atoms with van der Waals surface area (Å²) in [7, 11) is 1.71. The highest BCUT2D eigenvalue weighted by atomic mass is 19.3. The third kappa shape index (κ3) is 5.96. The highest BCUT2D eigenvalue weighted by molar-refractivity contribution is 4.89. The van der Waals surface area contributed by atoms with E-state index in [2.05, 4.69) is 15.4 Å². The number of halogens is 4. The van der Waals surface area contributed by atoms with Crippen LogP contribution >= 0.6 is 0 Å². The fourth-order valence-electron chi connectivity index (χ4n) is 1.66. The number of nitrogens with zero attached hydrogens (tertiary/aromatic N) is 3. The standard InChI is InChI=1S/C12H20F4N4O/c1-3-4-17-9(5-10-18-8-19-20(10)2)6-21-7-12(15,16)11(13)14/h8-9,11,17H,3-7H2,1-2H3. The van der Waals surface area contributed by atoms with Crippen LogP contribution in [0.25, 0.3) is 0 Å². The summed E-state index contributed by atoms with van der Waals surface area (Å²) in [5.41, 5.74) is 0. The van der Waals surface area contributed by atoms with Crippen LogP contribution in [0.1, 0.15) is 19.2 Å². The molecule has 1 aromatic heterocycles. The van der Waals surface area contributed by atoms with Crippen LogP contribution in [0.3, 0.4) is 0 Å². The molecule has 1 N–H and O–H groups in total. The molecule has 9 heteroatoms. The molecule has 0 bridgehead atoms. The molecule has 1 unspecified atom stereocenters. The second-order valence-corrected chi connectivity index (χ2v) is 4.73. The van der Waals surface area contributed by atoms with Crippen molar-refractivity contribution >= 4 is 0 Å². The summed E-state index contributed by atoms with van der Waals surface area (Å²) in [5.74, 6) is -3.46. The van der Waals surface area contributed by atoms with Crippen molar-refractivity contribution in [3.05, 3.63) is 12.2 Å². The number of hydrogen-bond acceptors (Lipinski definition) is 4. The van der Waals surface area contributed by atoms with E-state index < -0.39 is 19.0 Å². The Kier molecular flexibility index (Phi) is 7.03. The Labute approximate surface area is 120 Å². The predicted octanol–water partition coefficient (Wildman–Crippen LogP) is 1.64. The largest absolute Gasteiger partial charge is 0.373 e. The van der Waals surface area contributed by atoms with Gasteiger partial charge in [0.15, 0.2) is 0 Å². The molecule has 0 aliphatic carbocycles. The molecule has 0 aromatic carbocycles. The lowest BCUT2D eigenvalue weighted by Crippen LogP contribution is -2.39.